The van der Waals surface area contributed by atoms with Crippen molar-refractivity contribution in [3.05, 3.63) is 29.8 Å². The van der Waals surface area contributed by atoms with Crippen molar-refractivity contribution in [2.75, 3.05) is 18.6 Å². The number of nitrogens with zero attached hydrogens (tertiary/aromatic N) is 1. The molecule has 0 aliphatic heterocycles. The van der Waals surface area contributed by atoms with Crippen LogP contribution >= 0.6 is 0 Å². The molecule has 0 fully saturated rings. The van der Waals surface area contributed by atoms with Gasteiger partial charge in [-0.25, -0.2) is 0 Å². The summed E-state index contributed by atoms with van der Waals surface area (Å²) < 4.78 is 5.29. The lowest BCUT2D eigenvalue weighted by atomic mass is 10.2. The molecule has 0 unspecified atom stereocenters. The van der Waals surface area contributed by atoms with Crippen LogP contribution in [0.4, 0.5) is 5.69 Å². The molecule has 0 saturated carbocycles. The first kappa shape index (κ1) is 13.7. The van der Waals surface area contributed by atoms with Gasteiger partial charge in [-0.05, 0) is 31.5 Å². The average Bonchev–Trinajstić information content (AvgIpc) is 2.35. The molecular weight excluding hydrogens is 216 g/mol. The molecule has 2 N–H and O–H groups in total. The number of likely N-dealkylation sites (N-methyl/N-ethyl adjacent to an activating group) is 1. The van der Waals surface area contributed by atoms with E-state index in [4.69, 9.17) is 10.5 Å². The largest absolute Gasteiger partial charge is 0.369 e. The van der Waals surface area contributed by atoms with Gasteiger partial charge in [0.15, 0.2) is 0 Å². The second-order valence-electron chi connectivity index (χ2n) is 4.19. The molecule has 1 aromatic rings. The third kappa shape index (κ3) is 4.17. The smallest absolute Gasteiger partial charge is 0.252 e. The molecule has 0 saturated heterocycles. The molecule has 0 atom stereocenters. The summed E-state index contributed by atoms with van der Waals surface area (Å²) >= 11 is 0. The van der Waals surface area contributed by atoms with E-state index in [0.29, 0.717) is 6.54 Å². The maximum absolute atomic E-state index is 11.8. The summed E-state index contributed by atoms with van der Waals surface area (Å²) in [5, 5.41) is 0. The molecule has 0 aromatic heterocycles. The van der Waals surface area contributed by atoms with E-state index in [-0.39, 0.29) is 18.6 Å². The number of amides is 1. The van der Waals surface area contributed by atoms with Crippen LogP contribution in [0.15, 0.2) is 24.3 Å². The number of carbonyl (C=O) groups excluding carboxylic acids is 1. The molecule has 4 nitrogen and oxygen atoms in total. The Balaban J connectivity index is 2.67. The molecule has 0 aliphatic carbocycles. The summed E-state index contributed by atoms with van der Waals surface area (Å²) in [6.45, 7) is 4.38. The minimum atomic E-state index is -0.0622. The molecule has 1 aromatic carbocycles. The number of benzene rings is 1. The Bertz CT molecular complexity index is 377. The molecular formula is C13H20N2O2. The Hall–Kier alpha value is -1.39. The molecule has 17 heavy (non-hydrogen) atoms. The van der Waals surface area contributed by atoms with Crippen molar-refractivity contribution in [1.82, 2.24) is 0 Å². The fourth-order valence-corrected chi connectivity index (χ4v) is 1.37. The van der Waals surface area contributed by atoms with Gasteiger partial charge in [-0.3, -0.25) is 4.79 Å². The average molecular weight is 236 g/mol. The van der Waals surface area contributed by atoms with Crippen molar-refractivity contribution in [2.45, 2.75) is 26.5 Å². The summed E-state index contributed by atoms with van der Waals surface area (Å²) in [6.07, 6.45) is 0.0581. The number of rotatable bonds is 5. The third-order valence-corrected chi connectivity index (χ3v) is 2.45. The number of ether oxygens (including phenoxy) is 1. The zero-order chi connectivity index (χ0) is 12.8. The highest BCUT2D eigenvalue weighted by Crippen LogP contribution is 2.14. The zero-order valence-corrected chi connectivity index (χ0v) is 10.6. The number of nitrogens with two attached hydrogens (primary N) is 1. The van der Waals surface area contributed by atoms with Gasteiger partial charge < -0.3 is 15.4 Å². The Morgan fingerprint density at radius 1 is 1.47 bits per heavy atom. The maximum Gasteiger partial charge on any atom is 0.252 e. The van der Waals surface area contributed by atoms with Crippen LogP contribution in [0.3, 0.4) is 0 Å². The van der Waals surface area contributed by atoms with Gasteiger partial charge in [0.25, 0.3) is 5.91 Å². The first-order chi connectivity index (χ1) is 8.04. The minimum Gasteiger partial charge on any atom is -0.369 e. The summed E-state index contributed by atoms with van der Waals surface area (Å²) in [5.41, 5.74) is 7.41. The van der Waals surface area contributed by atoms with E-state index in [1.807, 2.05) is 38.1 Å². The predicted octanol–water partition coefficient (Wildman–Crippen LogP) is 1.53. The first-order valence-electron chi connectivity index (χ1n) is 5.71. The van der Waals surface area contributed by atoms with Crippen LogP contribution in [0.25, 0.3) is 0 Å². The third-order valence-electron chi connectivity index (χ3n) is 2.45. The summed E-state index contributed by atoms with van der Waals surface area (Å²) in [4.78, 5) is 13.4. The summed E-state index contributed by atoms with van der Waals surface area (Å²) in [6, 6.07) is 7.62. The van der Waals surface area contributed by atoms with Gasteiger partial charge in [0.2, 0.25) is 0 Å². The van der Waals surface area contributed by atoms with Crippen molar-refractivity contribution in [1.29, 1.82) is 0 Å². The van der Waals surface area contributed by atoms with E-state index in [2.05, 4.69) is 0 Å². The Morgan fingerprint density at radius 2 is 2.18 bits per heavy atom. The lowest BCUT2D eigenvalue weighted by Crippen LogP contribution is -2.31. The van der Waals surface area contributed by atoms with Gasteiger partial charge in [0.1, 0.15) is 6.61 Å². The van der Waals surface area contributed by atoms with Crippen LogP contribution in [0.2, 0.25) is 0 Å². The molecule has 0 bridgehead atoms. The van der Waals surface area contributed by atoms with E-state index >= 15 is 0 Å². The minimum absolute atomic E-state index is 0.0581. The second kappa shape index (κ2) is 6.37. The standard InChI is InChI=1S/C13H20N2O2/c1-10(2)17-9-13(16)15(3)12-6-4-5-11(7-12)8-14/h4-7,10H,8-9,14H2,1-3H3. The zero-order valence-electron chi connectivity index (χ0n) is 10.6. The van der Waals surface area contributed by atoms with Crippen molar-refractivity contribution >= 4 is 11.6 Å². The van der Waals surface area contributed by atoms with Gasteiger partial charge in [-0.1, -0.05) is 12.1 Å². The van der Waals surface area contributed by atoms with Crippen molar-refractivity contribution in [3.8, 4) is 0 Å². The summed E-state index contributed by atoms with van der Waals surface area (Å²) in [5.74, 6) is -0.0622. The van der Waals surface area contributed by atoms with Gasteiger partial charge in [-0.2, -0.15) is 0 Å². The second-order valence-corrected chi connectivity index (χ2v) is 4.19. The van der Waals surface area contributed by atoms with Crippen LogP contribution in [0.1, 0.15) is 19.4 Å². The van der Waals surface area contributed by atoms with Gasteiger partial charge in [-0.15, -0.1) is 0 Å². The highest BCUT2D eigenvalue weighted by Gasteiger charge is 2.11. The van der Waals surface area contributed by atoms with E-state index < -0.39 is 0 Å². The Kier molecular flexibility index (Phi) is 5.12. The van der Waals surface area contributed by atoms with Crippen molar-refractivity contribution < 1.29 is 9.53 Å². The maximum atomic E-state index is 11.8. The van der Waals surface area contributed by atoms with Crippen LogP contribution in [-0.4, -0.2) is 25.7 Å². The van der Waals surface area contributed by atoms with Crippen molar-refractivity contribution in [2.24, 2.45) is 5.73 Å². The van der Waals surface area contributed by atoms with E-state index in [1.54, 1.807) is 11.9 Å². The first-order valence-corrected chi connectivity index (χ1v) is 5.71. The fraction of sp³-hybridized carbons (Fsp3) is 0.462. The molecule has 0 radical (unpaired) electrons. The SMILES string of the molecule is CC(C)OCC(=O)N(C)c1cccc(CN)c1. The molecule has 0 aliphatic rings. The van der Waals surface area contributed by atoms with Crippen LogP contribution in [0.5, 0.6) is 0 Å². The fourth-order valence-electron chi connectivity index (χ4n) is 1.37. The quantitative estimate of drug-likeness (QED) is 0.843. The number of hydrogen-bond donors (Lipinski definition) is 1. The van der Waals surface area contributed by atoms with Crippen molar-refractivity contribution in [3.63, 3.8) is 0 Å². The highest BCUT2D eigenvalue weighted by molar-refractivity contribution is 5.93. The van der Waals surface area contributed by atoms with Crippen LogP contribution < -0.4 is 10.6 Å². The van der Waals surface area contributed by atoms with Crippen LogP contribution in [-0.2, 0) is 16.1 Å². The van der Waals surface area contributed by atoms with Gasteiger partial charge in [0, 0.05) is 19.3 Å². The molecule has 1 amide bonds. The molecule has 1 rings (SSSR count). The van der Waals surface area contributed by atoms with E-state index in [1.165, 1.54) is 0 Å². The molecule has 4 heteroatoms. The predicted molar refractivity (Wildman–Crippen MR) is 68.8 cm³/mol. The summed E-state index contributed by atoms with van der Waals surface area (Å²) in [7, 11) is 1.74. The normalized spacial score (nSPS) is 10.6. The monoisotopic (exact) mass is 236 g/mol. The Labute approximate surface area is 102 Å². The van der Waals surface area contributed by atoms with E-state index in [9.17, 15) is 4.79 Å². The Morgan fingerprint density at radius 3 is 2.76 bits per heavy atom. The van der Waals surface area contributed by atoms with Crippen LogP contribution in [0, 0.1) is 0 Å². The molecule has 94 valence electrons. The number of carbonyl (C=O) groups is 1. The topological polar surface area (TPSA) is 55.6 Å². The molecule has 0 spiro atoms. The number of hydrogen-bond acceptors (Lipinski definition) is 3. The van der Waals surface area contributed by atoms with Gasteiger partial charge >= 0.3 is 0 Å². The highest BCUT2D eigenvalue weighted by atomic mass is 16.5. The van der Waals surface area contributed by atoms with E-state index in [0.717, 1.165) is 11.3 Å². The molecule has 0 heterocycles. The lowest BCUT2D eigenvalue weighted by Gasteiger charge is -2.18. The number of anilines is 1. The lowest BCUT2D eigenvalue weighted by molar-refractivity contribution is -0.124. The van der Waals surface area contributed by atoms with Gasteiger partial charge in [0.05, 0.1) is 6.10 Å².